The number of hydrogen-bond donors (Lipinski definition) is 3. The lowest BCUT2D eigenvalue weighted by Gasteiger charge is -2.06. The quantitative estimate of drug-likeness (QED) is 0.0968. The molecule has 5 rings (SSSR count). The molecule has 4 aromatic carbocycles. The average Bonchev–Trinajstić information content (AvgIpc) is 3.34. The Labute approximate surface area is 277 Å². The van der Waals surface area contributed by atoms with Gasteiger partial charge in [0.1, 0.15) is 17.9 Å². The van der Waals surface area contributed by atoms with Crippen molar-refractivity contribution in [1.82, 2.24) is 9.78 Å². The molecule has 0 radical (unpaired) electrons. The summed E-state index contributed by atoms with van der Waals surface area (Å²) in [6, 6.07) is 25.3. The van der Waals surface area contributed by atoms with Gasteiger partial charge in [-0.3, -0.25) is 24.3 Å². The van der Waals surface area contributed by atoms with E-state index in [0.717, 1.165) is 11.1 Å². The van der Waals surface area contributed by atoms with E-state index in [4.69, 9.17) is 28.9 Å². The number of ketones is 1. The summed E-state index contributed by atoms with van der Waals surface area (Å²) in [5.41, 5.74) is 9.18. The Morgan fingerprint density at radius 2 is 1.45 bits per heavy atom. The molecule has 47 heavy (non-hydrogen) atoms. The Morgan fingerprint density at radius 1 is 0.830 bits per heavy atom. The minimum Gasteiger partial charge on any atom is -0.366 e. The normalized spacial score (nSPS) is 11.3. The van der Waals surface area contributed by atoms with Crippen LogP contribution in [0.25, 0.3) is 16.8 Å². The van der Waals surface area contributed by atoms with Crippen LogP contribution >= 0.6 is 23.2 Å². The van der Waals surface area contributed by atoms with Crippen molar-refractivity contribution in [2.75, 3.05) is 11.9 Å². The third kappa shape index (κ3) is 8.12. The number of azo groups is 2. The summed E-state index contributed by atoms with van der Waals surface area (Å²) in [4.78, 5) is 48.5. The van der Waals surface area contributed by atoms with Gasteiger partial charge in [-0.05, 0) is 78.7 Å². The van der Waals surface area contributed by atoms with E-state index in [1.807, 2.05) is 18.2 Å². The number of benzene rings is 4. The minimum absolute atomic E-state index is 0.170. The standard InChI is InChI=1S/C33H26Cl2N8O4/c1-19-31(33(47)43(42-19)24-5-3-2-4-6-24)41-40-29-14-10-22(16-27(29)35)21-9-13-28(26(34)15-21)39-37-18-25(44)17-30(45)38-23-11-7-20(8-12-23)32(36)46/h2-16,42H,17-18H2,1H3,(H2,36,46)(H,38,45). The van der Waals surface area contributed by atoms with Gasteiger partial charge in [-0.1, -0.05) is 53.5 Å². The number of amides is 2. The van der Waals surface area contributed by atoms with Gasteiger partial charge < -0.3 is 11.1 Å². The largest absolute Gasteiger partial charge is 0.366 e. The van der Waals surface area contributed by atoms with Crippen molar-refractivity contribution in [3.63, 3.8) is 0 Å². The molecule has 14 heteroatoms. The first-order chi connectivity index (χ1) is 22.6. The van der Waals surface area contributed by atoms with Crippen LogP contribution in [0.5, 0.6) is 0 Å². The number of nitrogens with two attached hydrogens (primary N) is 1. The first-order valence-corrected chi connectivity index (χ1v) is 14.8. The third-order valence-electron chi connectivity index (χ3n) is 6.78. The number of primary amides is 1. The molecule has 1 heterocycles. The molecule has 5 aromatic rings. The number of aromatic amines is 1. The van der Waals surface area contributed by atoms with E-state index in [0.29, 0.717) is 39.0 Å². The van der Waals surface area contributed by atoms with Crippen LogP contribution in [-0.4, -0.2) is 33.9 Å². The zero-order chi connectivity index (χ0) is 33.5. The Hall–Kier alpha value is -5.72. The van der Waals surface area contributed by atoms with Crippen molar-refractivity contribution in [2.45, 2.75) is 13.3 Å². The molecule has 0 aliphatic rings. The van der Waals surface area contributed by atoms with E-state index >= 15 is 0 Å². The first kappa shape index (κ1) is 32.7. The topological polar surface area (TPSA) is 176 Å². The fourth-order valence-corrected chi connectivity index (χ4v) is 4.84. The molecule has 0 spiro atoms. The number of nitrogens with zero attached hydrogens (tertiary/aromatic N) is 5. The number of H-pyrrole nitrogens is 1. The Balaban J connectivity index is 1.19. The molecule has 12 nitrogen and oxygen atoms in total. The van der Waals surface area contributed by atoms with Crippen LogP contribution in [0.3, 0.4) is 0 Å². The number of rotatable bonds is 11. The monoisotopic (exact) mass is 668 g/mol. The van der Waals surface area contributed by atoms with Crippen molar-refractivity contribution in [2.24, 2.45) is 26.2 Å². The van der Waals surface area contributed by atoms with E-state index < -0.39 is 24.0 Å². The van der Waals surface area contributed by atoms with Crippen LogP contribution in [0.2, 0.25) is 10.0 Å². The summed E-state index contributed by atoms with van der Waals surface area (Å²) < 4.78 is 1.40. The highest BCUT2D eigenvalue weighted by Gasteiger charge is 2.13. The minimum atomic E-state index is -0.585. The van der Waals surface area contributed by atoms with Gasteiger partial charge in [0.05, 0.1) is 27.8 Å². The number of anilines is 1. The second-order valence-electron chi connectivity index (χ2n) is 10.2. The van der Waals surface area contributed by atoms with Crippen molar-refractivity contribution >= 4 is 63.5 Å². The Morgan fingerprint density at radius 3 is 2.04 bits per heavy atom. The number of aromatic nitrogens is 2. The molecule has 0 fully saturated rings. The molecule has 0 saturated carbocycles. The van der Waals surface area contributed by atoms with Gasteiger partial charge in [0.2, 0.25) is 11.8 Å². The highest BCUT2D eigenvalue weighted by Crippen LogP contribution is 2.35. The van der Waals surface area contributed by atoms with Crippen LogP contribution in [0.4, 0.5) is 22.7 Å². The van der Waals surface area contributed by atoms with Crippen LogP contribution in [0, 0.1) is 6.92 Å². The third-order valence-corrected chi connectivity index (χ3v) is 7.38. The van der Waals surface area contributed by atoms with Crippen molar-refractivity contribution in [3.8, 4) is 16.8 Å². The second-order valence-corrected chi connectivity index (χ2v) is 11.0. The molecule has 236 valence electrons. The number of aryl methyl sites for hydroxylation is 1. The molecule has 0 aliphatic heterocycles. The highest BCUT2D eigenvalue weighted by atomic mass is 35.5. The fraction of sp³-hybridized carbons (Fsp3) is 0.0909. The molecular weight excluding hydrogens is 643 g/mol. The molecule has 1 aromatic heterocycles. The Kier molecular flexibility index (Phi) is 10.1. The second kappa shape index (κ2) is 14.6. The van der Waals surface area contributed by atoms with E-state index in [1.165, 1.54) is 28.9 Å². The van der Waals surface area contributed by atoms with Crippen LogP contribution in [0.1, 0.15) is 22.5 Å². The van der Waals surface area contributed by atoms with Crippen molar-refractivity contribution in [1.29, 1.82) is 0 Å². The van der Waals surface area contributed by atoms with Crippen molar-refractivity contribution in [3.05, 3.63) is 123 Å². The summed E-state index contributed by atoms with van der Waals surface area (Å²) in [6.07, 6.45) is -0.407. The van der Waals surface area contributed by atoms with E-state index in [1.54, 1.807) is 55.5 Å². The summed E-state index contributed by atoms with van der Waals surface area (Å²) in [6.45, 7) is 1.42. The predicted molar refractivity (Wildman–Crippen MR) is 180 cm³/mol. The van der Waals surface area contributed by atoms with E-state index in [-0.39, 0.29) is 22.8 Å². The summed E-state index contributed by atoms with van der Waals surface area (Å²) >= 11 is 12.9. The molecule has 0 bridgehead atoms. The van der Waals surface area contributed by atoms with Crippen LogP contribution in [0.15, 0.2) is 116 Å². The molecule has 0 aliphatic carbocycles. The number of nitrogens with one attached hydrogen (secondary N) is 2. The predicted octanol–water partition coefficient (Wildman–Crippen LogP) is 7.64. The van der Waals surface area contributed by atoms with Crippen LogP contribution in [-0.2, 0) is 9.59 Å². The summed E-state index contributed by atoms with van der Waals surface area (Å²) in [7, 11) is 0. The van der Waals surface area contributed by atoms with Gasteiger partial charge in [0, 0.05) is 11.3 Å². The number of para-hydroxylation sites is 1. The zero-order valence-corrected chi connectivity index (χ0v) is 26.3. The zero-order valence-electron chi connectivity index (χ0n) is 24.8. The van der Waals surface area contributed by atoms with Gasteiger partial charge in [0.25, 0.3) is 5.56 Å². The van der Waals surface area contributed by atoms with Gasteiger partial charge in [0.15, 0.2) is 11.5 Å². The maximum absolute atomic E-state index is 12.9. The molecule has 4 N–H and O–H groups in total. The van der Waals surface area contributed by atoms with E-state index in [9.17, 15) is 19.2 Å². The summed E-state index contributed by atoms with van der Waals surface area (Å²) in [5.74, 6) is -1.57. The molecule has 0 atom stereocenters. The van der Waals surface area contributed by atoms with Gasteiger partial charge in [-0.25, -0.2) is 4.68 Å². The number of carbonyl (C=O) groups is 3. The number of hydrogen-bond acceptors (Lipinski definition) is 8. The smallest absolute Gasteiger partial charge is 0.299 e. The highest BCUT2D eigenvalue weighted by molar-refractivity contribution is 6.34. The maximum Gasteiger partial charge on any atom is 0.299 e. The van der Waals surface area contributed by atoms with Gasteiger partial charge in [-0.15, -0.1) is 10.2 Å². The SMILES string of the molecule is Cc1[nH]n(-c2ccccc2)c(=O)c1N=Nc1ccc(-c2ccc(N=NCC(=O)CC(=O)Nc3ccc(C(N)=O)cc3)c(Cl)c2)cc1Cl. The molecule has 0 unspecified atom stereocenters. The number of halogens is 2. The number of carbonyl (C=O) groups excluding carboxylic acids is 3. The van der Waals surface area contributed by atoms with Gasteiger partial charge >= 0.3 is 0 Å². The Bertz CT molecular complexity index is 2090. The average molecular weight is 670 g/mol. The molecular formula is C33H26Cl2N8O4. The molecule has 2 amide bonds. The lowest BCUT2D eigenvalue weighted by atomic mass is 10.1. The molecule has 0 saturated heterocycles. The van der Waals surface area contributed by atoms with Crippen molar-refractivity contribution < 1.29 is 14.4 Å². The maximum atomic E-state index is 12.9. The fourth-order valence-electron chi connectivity index (χ4n) is 4.40. The van der Waals surface area contributed by atoms with E-state index in [2.05, 4.69) is 30.9 Å². The lowest BCUT2D eigenvalue weighted by molar-refractivity contribution is -0.124. The summed E-state index contributed by atoms with van der Waals surface area (Å²) in [5, 5.41) is 22.5. The van der Waals surface area contributed by atoms with Crippen LogP contribution < -0.4 is 16.6 Å². The lowest BCUT2D eigenvalue weighted by Crippen LogP contribution is -2.18. The van der Waals surface area contributed by atoms with Gasteiger partial charge in [-0.2, -0.15) is 10.2 Å². The number of Topliss-reactive ketones (excluding diaryl/α,β-unsaturated/α-hetero) is 1. The first-order valence-electron chi connectivity index (χ1n) is 14.1.